The molecule has 1 atom stereocenters. The van der Waals surface area contributed by atoms with Crippen molar-refractivity contribution in [2.75, 3.05) is 19.6 Å². The molecule has 0 N–H and O–H groups in total. The van der Waals surface area contributed by atoms with E-state index in [4.69, 9.17) is 16.9 Å². The summed E-state index contributed by atoms with van der Waals surface area (Å²) in [5.41, 5.74) is 0. The molecule has 0 saturated heterocycles. The van der Waals surface area contributed by atoms with Gasteiger partial charge in [-0.2, -0.15) is 5.26 Å². The second kappa shape index (κ2) is 4.69. The zero-order valence-corrected chi connectivity index (χ0v) is 8.22. The first-order valence-electron chi connectivity index (χ1n) is 4.52. The van der Waals surface area contributed by atoms with Crippen molar-refractivity contribution in [1.29, 1.82) is 5.26 Å². The third kappa shape index (κ3) is 3.42. The molecule has 0 spiro atoms. The highest BCUT2D eigenvalue weighted by Gasteiger charge is 2.24. The van der Waals surface area contributed by atoms with Crippen LogP contribution in [0.25, 0.3) is 0 Å². The van der Waals surface area contributed by atoms with E-state index in [0.29, 0.717) is 6.54 Å². The second-order valence-electron chi connectivity index (χ2n) is 3.39. The minimum atomic E-state index is -0.344. The van der Waals surface area contributed by atoms with E-state index >= 15 is 0 Å². The molecule has 3 heteroatoms. The van der Waals surface area contributed by atoms with E-state index in [1.165, 1.54) is 12.8 Å². The van der Waals surface area contributed by atoms with Crippen molar-refractivity contribution in [1.82, 2.24) is 4.90 Å². The van der Waals surface area contributed by atoms with Crippen molar-refractivity contribution < 1.29 is 0 Å². The molecule has 68 valence electrons. The summed E-state index contributed by atoms with van der Waals surface area (Å²) in [7, 11) is 0. The van der Waals surface area contributed by atoms with Crippen molar-refractivity contribution >= 4 is 11.6 Å². The summed E-state index contributed by atoms with van der Waals surface area (Å²) in [6, 6.07) is 2.05. The van der Waals surface area contributed by atoms with Crippen LogP contribution < -0.4 is 0 Å². The van der Waals surface area contributed by atoms with Gasteiger partial charge in [-0.05, 0) is 25.3 Å². The van der Waals surface area contributed by atoms with Crippen LogP contribution in [-0.2, 0) is 0 Å². The molecule has 0 radical (unpaired) electrons. The van der Waals surface area contributed by atoms with E-state index < -0.39 is 0 Å². The number of halogens is 1. The molecular formula is C9H15ClN2. The van der Waals surface area contributed by atoms with Gasteiger partial charge >= 0.3 is 0 Å². The Morgan fingerprint density at radius 3 is 2.75 bits per heavy atom. The number of alkyl halides is 1. The average molecular weight is 187 g/mol. The topological polar surface area (TPSA) is 27.0 Å². The number of hydrogen-bond donors (Lipinski definition) is 0. The quantitative estimate of drug-likeness (QED) is 0.613. The molecule has 2 nitrogen and oxygen atoms in total. The molecule has 1 fully saturated rings. The van der Waals surface area contributed by atoms with E-state index in [1.807, 2.05) is 6.07 Å². The van der Waals surface area contributed by atoms with Gasteiger partial charge in [0, 0.05) is 13.1 Å². The van der Waals surface area contributed by atoms with Gasteiger partial charge in [0.05, 0.1) is 6.07 Å². The molecule has 1 aliphatic carbocycles. The van der Waals surface area contributed by atoms with Crippen LogP contribution in [0.2, 0.25) is 0 Å². The van der Waals surface area contributed by atoms with Crippen molar-refractivity contribution in [2.24, 2.45) is 5.92 Å². The molecule has 12 heavy (non-hydrogen) atoms. The largest absolute Gasteiger partial charge is 0.301 e. The molecule has 0 heterocycles. The first kappa shape index (κ1) is 9.83. The number of nitriles is 1. The summed E-state index contributed by atoms with van der Waals surface area (Å²) < 4.78 is 0. The van der Waals surface area contributed by atoms with Gasteiger partial charge < -0.3 is 4.90 Å². The molecular weight excluding hydrogens is 172 g/mol. The predicted molar refractivity (Wildman–Crippen MR) is 50.1 cm³/mol. The second-order valence-corrected chi connectivity index (χ2v) is 3.92. The highest BCUT2D eigenvalue weighted by molar-refractivity contribution is 6.22. The Kier molecular flexibility index (Phi) is 3.84. The van der Waals surface area contributed by atoms with Gasteiger partial charge in [0.1, 0.15) is 5.38 Å². The maximum Gasteiger partial charge on any atom is 0.133 e. The average Bonchev–Trinajstić information content (AvgIpc) is 2.86. The highest BCUT2D eigenvalue weighted by atomic mass is 35.5. The molecule has 0 amide bonds. The molecule has 0 aromatic rings. The summed E-state index contributed by atoms with van der Waals surface area (Å²) in [4.78, 5) is 2.26. The van der Waals surface area contributed by atoms with Gasteiger partial charge in [-0.1, -0.05) is 6.92 Å². The van der Waals surface area contributed by atoms with Crippen LogP contribution in [0.5, 0.6) is 0 Å². The van der Waals surface area contributed by atoms with E-state index in [1.54, 1.807) is 0 Å². The molecule has 1 saturated carbocycles. The fraction of sp³-hybridized carbons (Fsp3) is 0.889. The fourth-order valence-corrected chi connectivity index (χ4v) is 1.46. The molecule has 0 aromatic carbocycles. The maximum atomic E-state index is 8.52. The summed E-state index contributed by atoms with van der Waals surface area (Å²) in [5, 5.41) is 8.18. The highest BCUT2D eigenvalue weighted by Crippen LogP contribution is 2.29. The molecule has 1 rings (SSSR count). The third-order valence-electron chi connectivity index (χ3n) is 2.22. The van der Waals surface area contributed by atoms with E-state index in [-0.39, 0.29) is 5.38 Å². The van der Waals surface area contributed by atoms with Gasteiger partial charge in [0.25, 0.3) is 0 Å². The van der Waals surface area contributed by atoms with Gasteiger partial charge in [-0.3, -0.25) is 0 Å². The SMILES string of the molecule is CCN(CC(Cl)C#N)CC1CC1. The number of rotatable bonds is 5. The summed E-state index contributed by atoms with van der Waals surface area (Å²) in [5.74, 6) is 0.882. The summed E-state index contributed by atoms with van der Waals surface area (Å²) in [6.45, 7) is 4.96. The van der Waals surface area contributed by atoms with Crippen LogP contribution in [-0.4, -0.2) is 29.9 Å². The lowest BCUT2D eigenvalue weighted by Gasteiger charge is -2.19. The lowest BCUT2D eigenvalue weighted by atomic mass is 10.3. The zero-order valence-electron chi connectivity index (χ0n) is 7.46. The van der Waals surface area contributed by atoms with Gasteiger partial charge in [0.15, 0.2) is 0 Å². The Labute approximate surface area is 79.1 Å². The third-order valence-corrected chi connectivity index (χ3v) is 2.45. The fourth-order valence-electron chi connectivity index (χ4n) is 1.27. The minimum absolute atomic E-state index is 0.344. The predicted octanol–water partition coefficient (Wildman–Crippen LogP) is 1.85. The number of hydrogen-bond acceptors (Lipinski definition) is 2. The Morgan fingerprint density at radius 1 is 1.67 bits per heavy atom. The Bertz CT molecular complexity index is 172. The Hall–Kier alpha value is -0.260. The summed E-state index contributed by atoms with van der Waals surface area (Å²) in [6.07, 6.45) is 2.71. The zero-order chi connectivity index (χ0) is 8.97. The Balaban J connectivity index is 2.19. The Morgan fingerprint density at radius 2 is 2.33 bits per heavy atom. The smallest absolute Gasteiger partial charge is 0.133 e. The normalized spacial score (nSPS) is 19.2. The van der Waals surface area contributed by atoms with Crippen molar-refractivity contribution in [3.8, 4) is 6.07 Å². The first-order chi connectivity index (χ1) is 5.76. The van der Waals surface area contributed by atoms with Crippen molar-refractivity contribution in [3.63, 3.8) is 0 Å². The standard InChI is InChI=1S/C9H15ClN2/c1-2-12(6-8-3-4-8)7-9(10)5-11/h8-9H,2-4,6-7H2,1H3. The lowest BCUT2D eigenvalue weighted by Crippen LogP contribution is -2.31. The maximum absolute atomic E-state index is 8.52. The van der Waals surface area contributed by atoms with E-state index in [9.17, 15) is 0 Å². The van der Waals surface area contributed by atoms with Crippen LogP contribution in [0.4, 0.5) is 0 Å². The van der Waals surface area contributed by atoms with Gasteiger partial charge in [-0.25, -0.2) is 0 Å². The molecule has 0 aliphatic heterocycles. The van der Waals surface area contributed by atoms with Crippen molar-refractivity contribution in [3.05, 3.63) is 0 Å². The molecule has 0 bridgehead atoms. The first-order valence-corrected chi connectivity index (χ1v) is 4.96. The molecule has 1 unspecified atom stereocenters. The van der Waals surface area contributed by atoms with Gasteiger partial charge in [-0.15, -0.1) is 11.6 Å². The minimum Gasteiger partial charge on any atom is -0.301 e. The van der Waals surface area contributed by atoms with Crippen LogP contribution in [0.15, 0.2) is 0 Å². The van der Waals surface area contributed by atoms with Crippen LogP contribution in [0.1, 0.15) is 19.8 Å². The van der Waals surface area contributed by atoms with Crippen molar-refractivity contribution in [2.45, 2.75) is 25.1 Å². The monoisotopic (exact) mass is 186 g/mol. The van der Waals surface area contributed by atoms with Crippen LogP contribution in [0.3, 0.4) is 0 Å². The summed E-state index contributed by atoms with van der Waals surface area (Å²) >= 11 is 5.74. The van der Waals surface area contributed by atoms with Crippen LogP contribution >= 0.6 is 11.6 Å². The molecule has 0 aromatic heterocycles. The van der Waals surface area contributed by atoms with Crippen LogP contribution in [0, 0.1) is 17.2 Å². The van der Waals surface area contributed by atoms with E-state index in [0.717, 1.165) is 19.0 Å². The van der Waals surface area contributed by atoms with Gasteiger partial charge in [0.2, 0.25) is 0 Å². The number of nitrogens with zero attached hydrogens (tertiary/aromatic N) is 2. The molecule has 1 aliphatic rings. The lowest BCUT2D eigenvalue weighted by molar-refractivity contribution is 0.284. The van der Waals surface area contributed by atoms with E-state index in [2.05, 4.69) is 11.8 Å².